The summed E-state index contributed by atoms with van der Waals surface area (Å²) in [5, 5.41) is 7.91. The highest BCUT2D eigenvalue weighted by Gasteiger charge is 2.09. The molecule has 0 amide bonds. The molecule has 0 aromatic carbocycles. The molecule has 0 radical (unpaired) electrons. The Labute approximate surface area is 74.6 Å². The van der Waals surface area contributed by atoms with Gasteiger partial charge in [-0.25, -0.2) is 0 Å². The lowest BCUT2D eigenvalue weighted by atomic mass is 10.1. The Bertz CT molecular complexity index is 394. The van der Waals surface area contributed by atoms with E-state index in [0.717, 1.165) is 15.9 Å². The predicted octanol–water partition coefficient (Wildman–Crippen LogP) is 2.21. The normalized spacial score (nSPS) is 11.2. The highest BCUT2D eigenvalue weighted by molar-refractivity contribution is 7.13. The molecule has 0 N–H and O–H groups in total. The van der Waals surface area contributed by atoms with E-state index < -0.39 is 0 Å². The van der Waals surface area contributed by atoms with E-state index in [0.29, 0.717) is 5.92 Å². The summed E-state index contributed by atoms with van der Waals surface area (Å²) in [5.41, 5.74) is 2.01. The summed E-state index contributed by atoms with van der Waals surface area (Å²) in [4.78, 5) is 0. The molecule has 2 aromatic rings. The maximum absolute atomic E-state index is 4.33. The van der Waals surface area contributed by atoms with Gasteiger partial charge in [-0.3, -0.25) is 0 Å². The molecular formula is C8H9N3S. The van der Waals surface area contributed by atoms with Crippen molar-refractivity contribution in [2.24, 2.45) is 0 Å². The predicted molar refractivity (Wildman–Crippen MR) is 49.3 cm³/mol. The van der Waals surface area contributed by atoms with Gasteiger partial charge in [0.05, 0.1) is 16.6 Å². The lowest BCUT2D eigenvalue weighted by molar-refractivity contribution is 0.842. The van der Waals surface area contributed by atoms with Gasteiger partial charge in [-0.2, -0.15) is 9.47 Å². The molecule has 0 saturated heterocycles. The number of aromatic nitrogens is 3. The molecule has 0 spiro atoms. The van der Waals surface area contributed by atoms with E-state index in [1.165, 1.54) is 11.5 Å². The van der Waals surface area contributed by atoms with Gasteiger partial charge in [0.1, 0.15) is 5.52 Å². The van der Waals surface area contributed by atoms with E-state index in [4.69, 9.17) is 0 Å². The van der Waals surface area contributed by atoms with Crippen LogP contribution in [-0.4, -0.2) is 14.6 Å². The maximum atomic E-state index is 4.33. The van der Waals surface area contributed by atoms with Crippen molar-refractivity contribution in [3.05, 3.63) is 18.0 Å². The molecule has 2 heterocycles. The van der Waals surface area contributed by atoms with Crippen molar-refractivity contribution in [3.63, 3.8) is 0 Å². The first kappa shape index (κ1) is 7.61. The van der Waals surface area contributed by atoms with Crippen molar-refractivity contribution in [2.75, 3.05) is 0 Å². The monoisotopic (exact) mass is 179 g/mol. The van der Waals surface area contributed by atoms with Gasteiger partial charge in [0.2, 0.25) is 0 Å². The van der Waals surface area contributed by atoms with Crippen molar-refractivity contribution in [3.8, 4) is 0 Å². The maximum Gasteiger partial charge on any atom is 0.127 e. The van der Waals surface area contributed by atoms with E-state index in [1.807, 2.05) is 6.07 Å². The highest BCUT2D eigenvalue weighted by atomic mass is 32.1. The fourth-order valence-electron chi connectivity index (χ4n) is 1.09. The quantitative estimate of drug-likeness (QED) is 0.673. The number of fused-ring (bicyclic) bond motifs is 1. The molecule has 0 saturated carbocycles. The third kappa shape index (κ3) is 1.08. The molecule has 0 aliphatic carbocycles. The molecular weight excluding hydrogens is 170 g/mol. The molecule has 62 valence electrons. The summed E-state index contributed by atoms with van der Waals surface area (Å²) in [5.74, 6) is 0.426. The summed E-state index contributed by atoms with van der Waals surface area (Å²) >= 11 is 1.49. The summed E-state index contributed by atoms with van der Waals surface area (Å²) in [7, 11) is 0. The van der Waals surface area contributed by atoms with Gasteiger partial charge in [-0.1, -0.05) is 13.8 Å². The molecule has 0 aliphatic heterocycles. The van der Waals surface area contributed by atoms with E-state index >= 15 is 0 Å². The Balaban J connectivity index is 2.70. The van der Waals surface area contributed by atoms with Gasteiger partial charge in [0.15, 0.2) is 0 Å². The van der Waals surface area contributed by atoms with Gasteiger partial charge < -0.3 is 0 Å². The number of nitrogens with zero attached hydrogens (tertiary/aromatic N) is 3. The summed E-state index contributed by atoms with van der Waals surface area (Å²) in [6.45, 7) is 4.23. The minimum atomic E-state index is 0.426. The Morgan fingerprint density at radius 2 is 2.25 bits per heavy atom. The molecule has 0 bridgehead atoms. The van der Waals surface area contributed by atoms with Gasteiger partial charge in [-0.15, -0.1) is 5.10 Å². The van der Waals surface area contributed by atoms with Crippen molar-refractivity contribution >= 4 is 21.7 Å². The van der Waals surface area contributed by atoms with Crippen LogP contribution in [0.25, 0.3) is 10.2 Å². The first-order valence-electron chi connectivity index (χ1n) is 3.86. The summed E-state index contributed by atoms with van der Waals surface area (Å²) in [6.07, 6.45) is 1.70. The van der Waals surface area contributed by atoms with Gasteiger partial charge in [0.25, 0.3) is 0 Å². The summed E-state index contributed by atoms with van der Waals surface area (Å²) < 4.78 is 5.45. The topological polar surface area (TPSA) is 38.7 Å². The van der Waals surface area contributed by atoms with Crippen molar-refractivity contribution in [1.82, 2.24) is 14.6 Å². The smallest absolute Gasteiger partial charge is 0.127 e. The van der Waals surface area contributed by atoms with Crippen LogP contribution >= 0.6 is 11.5 Å². The van der Waals surface area contributed by atoms with Crippen LogP contribution < -0.4 is 0 Å². The minimum Gasteiger partial charge on any atom is -0.194 e. The van der Waals surface area contributed by atoms with Crippen LogP contribution in [0, 0.1) is 0 Å². The Morgan fingerprint density at radius 1 is 1.42 bits per heavy atom. The SMILES string of the molecule is CC(C)c1nsc2ccnnc12. The van der Waals surface area contributed by atoms with Crippen LogP contribution in [-0.2, 0) is 0 Å². The van der Waals surface area contributed by atoms with E-state index in [1.54, 1.807) is 6.20 Å². The second-order valence-corrected chi connectivity index (χ2v) is 3.77. The van der Waals surface area contributed by atoms with Crippen LogP contribution in [0.2, 0.25) is 0 Å². The average molecular weight is 179 g/mol. The Morgan fingerprint density at radius 3 is 3.00 bits per heavy atom. The zero-order valence-corrected chi connectivity index (χ0v) is 7.80. The van der Waals surface area contributed by atoms with Crippen molar-refractivity contribution < 1.29 is 0 Å². The number of hydrogen-bond acceptors (Lipinski definition) is 4. The fourth-order valence-corrected chi connectivity index (χ4v) is 1.94. The van der Waals surface area contributed by atoms with Crippen LogP contribution in [0.15, 0.2) is 12.3 Å². The van der Waals surface area contributed by atoms with Gasteiger partial charge in [0, 0.05) is 0 Å². The van der Waals surface area contributed by atoms with Crippen LogP contribution in [0.1, 0.15) is 25.5 Å². The third-order valence-corrected chi connectivity index (χ3v) is 2.53. The standard InChI is InChI=1S/C8H9N3S/c1-5(2)7-8-6(12-11-7)3-4-9-10-8/h3-5H,1-2H3. The van der Waals surface area contributed by atoms with Gasteiger partial charge >= 0.3 is 0 Å². The average Bonchev–Trinajstić information content (AvgIpc) is 2.47. The Hall–Kier alpha value is -1.03. The van der Waals surface area contributed by atoms with Crippen LogP contribution in [0.5, 0.6) is 0 Å². The molecule has 4 heteroatoms. The van der Waals surface area contributed by atoms with Gasteiger partial charge in [-0.05, 0) is 23.5 Å². The first-order chi connectivity index (χ1) is 5.79. The zero-order valence-electron chi connectivity index (χ0n) is 6.98. The second-order valence-electron chi connectivity index (χ2n) is 2.97. The number of rotatable bonds is 1. The van der Waals surface area contributed by atoms with E-state index in [-0.39, 0.29) is 0 Å². The van der Waals surface area contributed by atoms with Crippen LogP contribution in [0.3, 0.4) is 0 Å². The fraction of sp³-hybridized carbons (Fsp3) is 0.375. The molecule has 0 fully saturated rings. The molecule has 0 atom stereocenters. The van der Waals surface area contributed by atoms with Crippen molar-refractivity contribution in [2.45, 2.75) is 19.8 Å². The largest absolute Gasteiger partial charge is 0.194 e. The first-order valence-corrected chi connectivity index (χ1v) is 4.63. The molecule has 0 unspecified atom stereocenters. The van der Waals surface area contributed by atoms with E-state index in [9.17, 15) is 0 Å². The third-order valence-electron chi connectivity index (χ3n) is 1.72. The minimum absolute atomic E-state index is 0.426. The molecule has 0 aliphatic rings. The second kappa shape index (κ2) is 2.79. The molecule has 2 rings (SSSR count). The Kier molecular flexibility index (Phi) is 1.77. The molecule has 2 aromatic heterocycles. The lowest BCUT2D eigenvalue weighted by Crippen LogP contribution is -1.89. The molecule has 12 heavy (non-hydrogen) atoms. The molecule has 3 nitrogen and oxygen atoms in total. The summed E-state index contributed by atoms with van der Waals surface area (Å²) in [6, 6.07) is 1.95. The lowest BCUT2D eigenvalue weighted by Gasteiger charge is -1.97. The van der Waals surface area contributed by atoms with E-state index in [2.05, 4.69) is 28.4 Å². The number of hydrogen-bond donors (Lipinski definition) is 0. The highest BCUT2D eigenvalue weighted by Crippen LogP contribution is 2.24. The van der Waals surface area contributed by atoms with Crippen LogP contribution in [0.4, 0.5) is 0 Å². The van der Waals surface area contributed by atoms with Crippen molar-refractivity contribution in [1.29, 1.82) is 0 Å². The zero-order chi connectivity index (χ0) is 8.55.